The van der Waals surface area contributed by atoms with Crippen LogP contribution in [0.15, 0.2) is 46.9 Å². The normalized spacial score (nSPS) is 12.4. The molecule has 1 unspecified atom stereocenters. The van der Waals surface area contributed by atoms with Crippen LogP contribution in [0.3, 0.4) is 0 Å². The van der Waals surface area contributed by atoms with E-state index >= 15 is 0 Å². The second-order valence-corrected chi connectivity index (χ2v) is 5.11. The maximum Gasteiger partial charge on any atom is 0.128 e. The molecule has 94 valence electrons. The third-order valence-corrected chi connectivity index (χ3v) is 3.49. The first kappa shape index (κ1) is 13.5. The highest BCUT2D eigenvalue weighted by molar-refractivity contribution is 9.10. The molecule has 2 aromatic rings. The monoisotopic (exact) mass is 328 g/mol. The zero-order chi connectivity index (χ0) is 13.1. The van der Waals surface area contributed by atoms with Crippen LogP contribution >= 0.6 is 27.5 Å². The Labute approximate surface area is 118 Å². The summed E-state index contributed by atoms with van der Waals surface area (Å²) in [6, 6.07) is 11.4. The third-order valence-electron chi connectivity index (χ3n) is 2.65. The van der Waals surface area contributed by atoms with Crippen molar-refractivity contribution in [3.63, 3.8) is 0 Å². The first-order valence-electron chi connectivity index (χ1n) is 5.29. The molecule has 0 aliphatic carbocycles. The number of halogens is 3. The minimum absolute atomic E-state index is 0.323. The molecule has 0 amide bonds. The van der Waals surface area contributed by atoms with Gasteiger partial charge in [0.2, 0.25) is 0 Å². The highest BCUT2D eigenvalue weighted by atomic mass is 79.9. The summed E-state index contributed by atoms with van der Waals surface area (Å²) < 4.78 is 14.7. The molecule has 0 radical (unpaired) electrons. The predicted molar refractivity (Wildman–Crippen MR) is 74.7 cm³/mol. The van der Waals surface area contributed by atoms with Crippen molar-refractivity contribution in [2.75, 3.05) is 0 Å². The molecule has 1 atom stereocenters. The molecular weight excluding hydrogens is 319 g/mol. The van der Waals surface area contributed by atoms with Crippen molar-refractivity contribution in [1.82, 2.24) is 5.43 Å². The van der Waals surface area contributed by atoms with E-state index in [0.29, 0.717) is 10.6 Å². The molecule has 0 bridgehead atoms. The molecule has 18 heavy (non-hydrogen) atoms. The zero-order valence-corrected chi connectivity index (χ0v) is 11.7. The number of hydrazine groups is 1. The Hall–Kier alpha value is -0.940. The maximum absolute atomic E-state index is 13.8. The smallest absolute Gasteiger partial charge is 0.128 e. The van der Waals surface area contributed by atoms with Gasteiger partial charge in [-0.15, -0.1) is 0 Å². The highest BCUT2D eigenvalue weighted by Gasteiger charge is 2.18. The zero-order valence-electron chi connectivity index (χ0n) is 9.33. The number of rotatable bonds is 3. The van der Waals surface area contributed by atoms with Gasteiger partial charge in [0.05, 0.1) is 6.04 Å². The van der Waals surface area contributed by atoms with Crippen molar-refractivity contribution in [2.24, 2.45) is 5.84 Å². The van der Waals surface area contributed by atoms with Crippen LogP contribution in [0.1, 0.15) is 17.2 Å². The van der Waals surface area contributed by atoms with Crippen LogP contribution < -0.4 is 11.3 Å². The van der Waals surface area contributed by atoms with Gasteiger partial charge >= 0.3 is 0 Å². The summed E-state index contributed by atoms with van der Waals surface area (Å²) >= 11 is 9.50. The van der Waals surface area contributed by atoms with Gasteiger partial charge in [0.1, 0.15) is 5.82 Å². The molecule has 5 heteroatoms. The van der Waals surface area contributed by atoms with Crippen LogP contribution in [0.5, 0.6) is 0 Å². The molecule has 2 aromatic carbocycles. The molecule has 0 saturated carbocycles. The topological polar surface area (TPSA) is 38.0 Å². The molecule has 0 heterocycles. The van der Waals surface area contributed by atoms with Crippen molar-refractivity contribution in [3.05, 3.63) is 68.9 Å². The van der Waals surface area contributed by atoms with Gasteiger partial charge in [-0.2, -0.15) is 0 Å². The Kier molecular flexibility index (Phi) is 4.35. The van der Waals surface area contributed by atoms with Gasteiger partial charge in [-0.05, 0) is 29.8 Å². The van der Waals surface area contributed by atoms with E-state index < -0.39 is 6.04 Å². The van der Waals surface area contributed by atoms with Crippen molar-refractivity contribution >= 4 is 27.5 Å². The van der Waals surface area contributed by atoms with E-state index in [0.717, 1.165) is 10.0 Å². The average molecular weight is 330 g/mol. The van der Waals surface area contributed by atoms with E-state index in [1.54, 1.807) is 24.3 Å². The first-order chi connectivity index (χ1) is 8.63. The summed E-state index contributed by atoms with van der Waals surface area (Å²) in [5.41, 5.74) is 3.78. The third kappa shape index (κ3) is 2.72. The average Bonchev–Trinajstić information content (AvgIpc) is 2.36. The lowest BCUT2D eigenvalue weighted by Gasteiger charge is -2.19. The summed E-state index contributed by atoms with van der Waals surface area (Å²) in [6.45, 7) is 0. The Morgan fingerprint density at radius 1 is 1.17 bits per heavy atom. The van der Waals surface area contributed by atoms with Crippen LogP contribution in [-0.2, 0) is 0 Å². The summed E-state index contributed by atoms with van der Waals surface area (Å²) in [5.74, 6) is 5.21. The van der Waals surface area contributed by atoms with E-state index in [1.165, 1.54) is 6.07 Å². The second-order valence-electron chi connectivity index (χ2n) is 3.79. The van der Waals surface area contributed by atoms with Gasteiger partial charge in [0.15, 0.2) is 0 Å². The molecule has 3 N–H and O–H groups in total. The van der Waals surface area contributed by atoms with Gasteiger partial charge < -0.3 is 0 Å². The molecule has 0 aliphatic heterocycles. The highest BCUT2D eigenvalue weighted by Crippen LogP contribution is 2.31. The van der Waals surface area contributed by atoms with Crippen molar-refractivity contribution < 1.29 is 4.39 Å². The van der Waals surface area contributed by atoms with Crippen LogP contribution in [-0.4, -0.2) is 0 Å². The molecule has 0 fully saturated rings. The SMILES string of the molecule is NNC(c1ccccc1F)c1cc(Br)ccc1Cl. The molecule has 0 spiro atoms. The Morgan fingerprint density at radius 2 is 1.89 bits per heavy atom. The standard InChI is InChI=1S/C13H11BrClFN2/c14-8-5-6-11(15)10(7-8)13(18-17)9-3-1-2-4-12(9)16/h1-7,13,18H,17H2. The van der Waals surface area contributed by atoms with Crippen LogP contribution in [0, 0.1) is 5.82 Å². The lowest BCUT2D eigenvalue weighted by molar-refractivity contribution is 0.560. The molecule has 2 rings (SSSR count). The Balaban J connectivity index is 2.52. The van der Waals surface area contributed by atoms with Gasteiger partial charge in [0, 0.05) is 15.1 Å². The first-order valence-corrected chi connectivity index (χ1v) is 6.46. The fraction of sp³-hybridized carbons (Fsp3) is 0.0769. The molecule has 0 aromatic heterocycles. The van der Waals surface area contributed by atoms with Crippen molar-refractivity contribution in [3.8, 4) is 0 Å². The Bertz CT molecular complexity index is 562. The van der Waals surface area contributed by atoms with Gasteiger partial charge in [0.25, 0.3) is 0 Å². The summed E-state index contributed by atoms with van der Waals surface area (Å²) in [7, 11) is 0. The van der Waals surface area contributed by atoms with E-state index in [4.69, 9.17) is 17.4 Å². The van der Waals surface area contributed by atoms with Crippen molar-refractivity contribution in [2.45, 2.75) is 6.04 Å². The minimum Gasteiger partial charge on any atom is -0.271 e. The van der Waals surface area contributed by atoms with E-state index in [1.807, 2.05) is 12.1 Å². The summed E-state index contributed by atoms with van der Waals surface area (Å²) in [6.07, 6.45) is 0. The van der Waals surface area contributed by atoms with Crippen LogP contribution in [0.2, 0.25) is 5.02 Å². The number of nitrogens with one attached hydrogen (secondary N) is 1. The van der Waals surface area contributed by atoms with Gasteiger partial charge in [-0.3, -0.25) is 5.84 Å². The lowest BCUT2D eigenvalue weighted by Crippen LogP contribution is -2.29. The largest absolute Gasteiger partial charge is 0.271 e. The lowest BCUT2D eigenvalue weighted by atomic mass is 9.99. The summed E-state index contributed by atoms with van der Waals surface area (Å²) in [4.78, 5) is 0. The molecular formula is C13H11BrClFN2. The second kappa shape index (κ2) is 5.80. The Morgan fingerprint density at radius 3 is 2.56 bits per heavy atom. The van der Waals surface area contributed by atoms with E-state index in [9.17, 15) is 4.39 Å². The van der Waals surface area contributed by atoms with Crippen LogP contribution in [0.4, 0.5) is 4.39 Å². The van der Waals surface area contributed by atoms with E-state index in [2.05, 4.69) is 21.4 Å². The summed E-state index contributed by atoms with van der Waals surface area (Å²) in [5, 5.41) is 0.532. The van der Waals surface area contributed by atoms with Gasteiger partial charge in [-0.1, -0.05) is 45.7 Å². The fourth-order valence-corrected chi connectivity index (χ4v) is 2.40. The fourth-order valence-electron chi connectivity index (χ4n) is 1.79. The number of nitrogens with two attached hydrogens (primary N) is 1. The number of hydrogen-bond acceptors (Lipinski definition) is 2. The molecule has 0 saturated heterocycles. The quantitative estimate of drug-likeness (QED) is 0.664. The molecule has 2 nitrogen and oxygen atoms in total. The van der Waals surface area contributed by atoms with Gasteiger partial charge in [-0.25, -0.2) is 9.82 Å². The van der Waals surface area contributed by atoms with Crippen LogP contribution in [0.25, 0.3) is 0 Å². The predicted octanol–water partition coefficient (Wildman–Crippen LogP) is 3.79. The molecule has 0 aliphatic rings. The maximum atomic E-state index is 13.8. The van der Waals surface area contributed by atoms with E-state index in [-0.39, 0.29) is 5.82 Å². The minimum atomic E-state index is -0.490. The van der Waals surface area contributed by atoms with Crippen molar-refractivity contribution in [1.29, 1.82) is 0 Å². The number of benzene rings is 2. The number of hydrogen-bond donors (Lipinski definition) is 2.